The van der Waals surface area contributed by atoms with Crippen molar-refractivity contribution in [3.8, 4) is 0 Å². The summed E-state index contributed by atoms with van der Waals surface area (Å²) in [6.07, 6.45) is 0. The number of halogens is 4. The van der Waals surface area contributed by atoms with Crippen molar-refractivity contribution in [3.05, 3.63) is 24.3 Å². The molecule has 1 aromatic rings. The van der Waals surface area contributed by atoms with Gasteiger partial charge in [-0.2, -0.15) is 0 Å². The van der Waals surface area contributed by atoms with Gasteiger partial charge in [-0.15, -0.1) is 0 Å². The summed E-state index contributed by atoms with van der Waals surface area (Å²) < 4.78 is 39.0. The summed E-state index contributed by atoms with van der Waals surface area (Å²) in [7, 11) is -6.00. The van der Waals surface area contributed by atoms with E-state index in [1.807, 2.05) is 24.3 Å². The lowest BCUT2D eigenvalue weighted by atomic mass is 10.2. The third-order valence-corrected chi connectivity index (χ3v) is 2.11. The van der Waals surface area contributed by atoms with E-state index in [9.17, 15) is 17.3 Å². The molecule has 0 saturated carbocycles. The van der Waals surface area contributed by atoms with Gasteiger partial charge in [-0.05, 0) is 26.0 Å². The molecule has 0 saturated heterocycles. The average molecular weight is 264 g/mol. The van der Waals surface area contributed by atoms with Crippen LogP contribution in [0.3, 0.4) is 0 Å². The number of benzene rings is 1. The Kier molecular flexibility index (Phi) is 7.00. The fraction of sp³-hybridized carbons (Fsp3) is 0.400. The van der Waals surface area contributed by atoms with E-state index in [-0.39, 0.29) is 0 Å². The van der Waals surface area contributed by atoms with E-state index in [1.165, 1.54) is 5.69 Å². The highest BCUT2D eigenvalue weighted by Crippen LogP contribution is 2.16. The van der Waals surface area contributed by atoms with Crippen molar-refractivity contribution in [2.45, 2.75) is 13.8 Å². The van der Waals surface area contributed by atoms with Crippen molar-refractivity contribution >= 4 is 18.6 Å². The number of hydrogen-bond acceptors (Lipinski definition) is 3. The highest BCUT2D eigenvalue weighted by molar-refractivity contribution is 6.50. The van der Waals surface area contributed by atoms with Crippen LogP contribution >= 0.6 is 0 Å². The Balaban J connectivity index is 0.000000494. The minimum Gasteiger partial charge on any atom is -0.418 e. The summed E-state index contributed by atoms with van der Waals surface area (Å²) in [6.45, 7) is 6.28. The Morgan fingerprint density at radius 1 is 1.06 bits per heavy atom. The lowest BCUT2D eigenvalue weighted by Gasteiger charge is -2.20. The van der Waals surface area contributed by atoms with Gasteiger partial charge in [0.25, 0.3) is 0 Å². The maximum atomic E-state index is 9.75. The summed E-state index contributed by atoms with van der Waals surface area (Å²) >= 11 is 0. The van der Waals surface area contributed by atoms with E-state index in [1.54, 1.807) is 0 Å². The smallest absolute Gasteiger partial charge is 0.418 e. The van der Waals surface area contributed by atoms with E-state index >= 15 is 0 Å². The molecule has 0 amide bonds. The van der Waals surface area contributed by atoms with Gasteiger partial charge in [0, 0.05) is 36.4 Å². The van der Waals surface area contributed by atoms with Gasteiger partial charge in [-0.1, -0.05) is 0 Å². The zero-order valence-electron chi connectivity index (χ0n) is 10.2. The second-order valence-electron chi connectivity index (χ2n) is 3.30. The number of anilines is 1. The summed E-state index contributed by atoms with van der Waals surface area (Å²) in [5.74, 6) is 0. The average Bonchev–Trinajstić information content (AvgIpc) is 2.29. The van der Waals surface area contributed by atoms with Gasteiger partial charge in [0.15, 0.2) is 0 Å². The molecule has 1 aromatic carbocycles. The number of rotatable bonds is 4. The molecule has 0 unspecified atom stereocenters. The van der Waals surface area contributed by atoms with Crippen LogP contribution in [0.5, 0.6) is 0 Å². The van der Waals surface area contributed by atoms with Gasteiger partial charge in [0.2, 0.25) is 5.11 Å². The summed E-state index contributed by atoms with van der Waals surface area (Å²) in [6, 6.07) is 7.72. The zero-order chi connectivity index (χ0) is 14.2. The van der Waals surface area contributed by atoms with E-state index < -0.39 is 7.25 Å². The third kappa shape index (κ3) is 7.64. The Labute approximate surface area is 103 Å². The van der Waals surface area contributed by atoms with Gasteiger partial charge in [0.05, 0.1) is 0 Å². The van der Waals surface area contributed by atoms with Crippen LogP contribution in [-0.4, -0.2) is 20.3 Å². The van der Waals surface area contributed by atoms with Crippen LogP contribution in [0.1, 0.15) is 13.8 Å². The highest BCUT2D eigenvalue weighted by Gasteiger charge is 2.20. The molecule has 0 spiro atoms. The van der Waals surface area contributed by atoms with E-state index in [0.717, 1.165) is 13.1 Å². The van der Waals surface area contributed by atoms with E-state index in [0.29, 0.717) is 5.69 Å². The largest absolute Gasteiger partial charge is 0.673 e. The van der Waals surface area contributed by atoms with Crippen LogP contribution in [0.4, 0.5) is 28.6 Å². The second-order valence-corrected chi connectivity index (χ2v) is 3.30. The minimum absolute atomic E-state index is 0.705. The summed E-state index contributed by atoms with van der Waals surface area (Å²) in [5.41, 5.74) is 8.72. The Morgan fingerprint density at radius 3 is 1.72 bits per heavy atom. The molecule has 3 nitrogen and oxygen atoms in total. The molecule has 0 aliphatic carbocycles. The van der Waals surface area contributed by atoms with Crippen molar-refractivity contribution in [3.63, 3.8) is 0 Å². The zero-order valence-corrected chi connectivity index (χ0v) is 10.2. The monoisotopic (exact) mass is 264 g/mol. The molecule has 1 rings (SSSR count). The first-order valence-electron chi connectivity index (χ1n) is 5.41. The lowest BCUT2D eigenvalue weighted by molar-refractivity contribution is 0.368. The quantitative estimate of drug-likeness (QED) is 0.501. The number of nitrogens with zero attached hydrogens (tertiary/aromatic N) is 2. The van der Waals surface area contributed by atoms with Crippen molar-refractivity contribution in [2.75, 3.05) is 18.0 Å². The topological polar surface area (TPSA) is 41.2 Å². The minimum atomic E-state index is -6.00. The van der Waals surface area contributed by atoms with Crippen LogP contribution in [0.15, 0.2) is 24.3 Å². The van der Waals surface area contributed by atoms with Crippen molar-refractivity contribution in [1.29, 1.82) is 5.53 Å². The van der Waals surface area contributed by atoms with E-state index in [2.05, 4.69) is 23.9 Å². The molecule has 0 fully saturated rings. The molecular weight excluding hydrogens is 249 g/mol. The lowest BCUT2D eigenvalue weighted by Crippen LogP contribution is -2.21. The molecule has 101 valence electrons. The molecule has 0 bridgehead atoms. The fourth-order valence-electron chi connectivity index (χ4n) is 1.33. The van der Waals surface area contributed by atoms with E-state index in [4.69, 9.17) is 5.53 Å². The molecule has 0 aromatic heterocycles. The van der Waals surface area contributed by atoms with Crippen LogP contribution in [0, 0.1) is 5.53 Å². The molecule has 0 atom stereocenters. The first-order valence-corrected chi connectivity index (χ1v) is 5.41. The maximum absolute atomic E-state index is 9.75. The van der Waals surface area contributed by atoms with Gasteiger partial charge >= 0.3 is 12.9 Å². The predicted octanol–water partition coefficient (Wildman–Crippen LogP) is 3.83. The first-order chi connectivity index (χ1) is 8.31. The van der Waals surface area contributed by atoms with Crippen molar-refractivity contribution < 1.29 is 17.3 Å². The molecule has 1 radical (unpaired) electrons. The van der Waals surface area contributed by atoms with Crippen LogP contribution in [0.2, 0.25) is 0 Å². The van der Waals surface area contributed by atoms with Gasteiger partial charge in [0.1, 0.15) is 0 Å². The Bertz CT molecular complexity index is 343. The Morgan fingerprint density at radius 2 is 1.44 bits per heavy atom. The number of nitrogens with one attached hydrogen (secondary N) is 1. The van der Waals surface area contributed by atoms with Crippen LogP contribution < -0.4 is 10.0 Å². The number of hydrogen-bond donors (Lipinski definition) is 1. The first kappa shape index (κ1) is 16.4. The van der Waals surface area contributed by atoms with Gasteiger partial charge in [-0.3, -0.25) is 0 Å². The fourth-order valence-corrected chi connectivity index (χ4v) is 1.33. The molecule has 0 aliphatic rings. The molecule has 1 N–H and O–H groups in total. The normalized spacial score (nSPS) is 10.3. The Hall–Kier alpha value is -1.60. The maximum Gasteiger partial charge on any atom is 0.673 e. The van der Waals surface area contributed by atoms with Gasteiger partial charge in [-0.25, -0.2) is 0 Å². The summed E-state index contributed by atoms with van der Waals surface area (Å²) in [5, 5.41) is 3.35. The second kappa shape index (κ2) is 7.68. The molecule has 0 aliphatic heterocycles. The standard InChI is InChI=1S/C10H15N3.BF4/c1-3-13(4-2)10-7-5-9(12-11)6-8-10;2-1(3,4)5/h5-8,11H,3-4H2,1-2H3;/q+1;-1. The van der Waals surface area contributed by atoms with Crippen LogP contribution in [0.25, 0.3) is 0 Å². The molecular formula is C10H15BF4N3. The van der Waals surface area contributed by atoms with Crippen molar-refractivity contribution in [2.24, 2.45) is 0 Å². The molecule has 0 heterocycles. The van der Waals surface area contributed by atoms with Crippen LogP contribution in [-0.2, 0) is 0 Å². The highest BCUT2D eigenvalue weighted by atomic mass is 19.5. The third-order valence-electron chi connectivity index (χ3n) is 2.11. The van der Waals surface area contributed by atoms with Gasteiger partial charge < -0.3 is 22.2 Å². The predicted molar refractivity (Wildman–Crippen MR) is 64.7 cm³/mol. The molecule has 8 heteroatoms. The SMILES string of the molecule is CCN(CC)c1ccc([N+]=N)cc1.F[B-](F)(F)F. The van der Waals surface area contributed by atoms with Crippen molar-refractivity contribution in [1.82, 2.24) is 5.11 Å². The molecule has 18 heavy (non-hydrogen) atoms. The summed E-state index contributed by atoms with van der Waals surface area (Å²) in [4.78, 5) is 2.26.